The normalized spacial score (nSPS) is 21.3. The van der Waals surface area contributed by atoms with Crippen LogP contribution in [0.5, 0.6) is 0 Å². The van der Waals surface area contributed by atoms with E-state index in [4.69, 9.17) is 0 Å². The lowest BCUT2D eigenvalue weighted by molar-refractivity contribution is -0.0287. The fourth-order valence-corrected chi connectivity index (χ4v) is 5.90. The molecule has 1 saturated heterocycles. The van der Waals surface area contributed by atoms with Gasteiger partial charge in [-0.2, -0.15) is 0 Å². The van der Waals surface area contributed by atoms with Gasteiger partial charge in [0.1, 0.15) is 11.6 Å². The van der Waals surface area contributed by atoms with Gasteiger partial charge in [0, 0.05) is 19.6 Å². The van der Waals surface area contributed by atoms with Gasteiger partial charge in [0.05, 0.1) is 18.7 Å². The van der Waals surface area contributed by atoms with E-state index in [0.29, 0.717) is 25.4 Å². The van der Waals surface area contributed by atoms with Gasteiger partial charge in [0.25, 0.3) is 0 Å². The Kier molecular flexibility index (Phi) is 8.89. The molecule has 206 valence electrons. The minimum absolute atomic E-state index is 0.211. The number of urea groups is 1. The number of β-amino-alcohol motifs (C(OH)–C–C–N with tert-alkyl or cyclic N) is 1. The molecule has 1 aliphatic heterocycles. The third-order valence-corrected chi connectivity index (χ3v) is 8.04. The molecular formula is C32H37F2N3O2. The molecule has 3 aromatic rings. The van der Waals surface area contributed by atoms with E-state index in [2.05, 4.69) is 0 Å². The molecule has 39 heavy (non-hydrogen) atoms. The summed E-state index contributed by atoms with van der Waals surface area (Å²) in [5.41, 5.74) is 2.64. The first kappa shape index (κ1) is 27.3. The van der Waals surface area contributed by atoms with E-state index in [-0.39, 0.29) is 30.8 Å². The van der Waals surface area contributed by atoms with Gasteiger partial charge in [-0.3, -0.25) is 5.01 Å². The second kappa shape index (κ2) is 12.7. The van der Waals surface area contributed by atoms with Crippen LogP contribution in [-0.4, -0.2) is 51.3 Å². The molecule has 5 rings (SSSR count). The van der Waals surface area contributed by atoms with Crippen LogP contribution in [0, 0.1) is 17.6 Å². The number of carbonyl (C=O) groups excluding carboxylic acids is 1. The predicted octanol–water partition coefficient (Wildman–Crippen LogP) is 6.17. The average molecular weight is 534 g/mol. The number of hydrogen-bond acceptors (Lipinski definition) is 3. The highest BCUT2D eigenvalue weighted by Crippen LogP contribution is 2.29. The van der Waals surface area contributed by atoms with Gasteiger partial charge in [0.15, 0.2) is 0 Å². The zero-order chi connectivity index (χ0) is 27.2. The summed E-state index contributed by atoms with van der Waals surface area (Å²) in [7, 11) is 0. The number of carbonyl (C=O) groups is 1. The van der Waals surface area contributed by atoms with Crippen LogP contribution < -0.4 is 0 Å². The lowest BCUT2D eigenvalue weighted by atomic mass is 9.89. The van der Waals surface area contributed by atoms with Crippen molar-refractivity contribution in [2.24, 2.45) is 5.92 Å². The molecule has 0 aromatic heterocycles. The Labute approximate surface area is 229 Å². The van der Waals surface area contributed by atoms with E-state index in [1.165, 1.54) is 43.5 Å². The van der Waals surface area contributed by atoms with E-state index >= 15 is 0 Å². The average Bonchev–Trinajstić information content (AvgIpc) is 3.03. The van der Waals surface area contributed by atoms with Gasteiger partial charge < -0.3 is 10.0 Å². The Bertz CT molecular complexity index is 1200. The highest BCUT2D eigenvalue weighted by Gasteiger charge is 2.40. The van der Waals surface area contributed by atoms with Crippen LogP contribution in [0.3, 0.4) is 0 Å². The van der Waals surface area contributed by atoms with Crippen molar-refractivity contribution in [3.05, 3.63) is 107 Å². The van der Waals surface area contributed by atoms with E-state index in [1.54, 1.807) is 34.2 Å². The third kappa shape index (κ3) is 7.02. The number of benzene rings is 3. The molecule has 0 radical (unpaired) electrons. The van der Waals surface area contributed by atoms with Crippen LogP contribution in [0.15, 0.2) is 78.9 Å². The summed E-state index contributed by atoms with van der Waals surface area (Å²) in [4.78, 5) is 16.2. The fourth-order valence-electron chi connectivity index (χ4n) is 5.90. The maximum atomic E-state index is 14.4. The first-order valence-corrected chi connectivity index (χ1v) is 14.0. The number of amides is 2. The summed E-state index contributed by atoms with van der Waals surface area (Å²) in [5, 5.41) is 15.4. The maximum absolute atomic E-state index is 14.4. The Morgan fingerprint density at radius 3 is 1.95 bits per heavy atom. The summed E-state index contributed by atoms with van der Waals surface area (Å²) >= 11 is 0. The largest absolute Gasteiger partial charge is 0.390 e. The first-order chi connectivity index (χ1) is 19.0. The molecule has 1 aliphatic carbocycles. The van der Waals surface area contributed by atoms with Crippen LogP contribution in [0.2, 0.25) is 0 Å². The molecule has 5 nitrogen and oxygen atoms in total. The van der Waals surface area contributed by atoms with E-state index in [1.807, 2.05) is 35.3 Å². The van der Waals surface area contributed by atoms with Gasteiger partial charge in [0.2, 0.25) is 0 Å². The zero-order valence-corrected chi connectivity index (χ0v) is 22.3. The Morgan fingerprint density at radius 1 is 0.744 bits per heavy atom. The Hall–Kier alpha value is -3.29. The molecule has 1 N–H and O–H groups in total. The van der Waals surface area contributed by atoms with Crippen LogP contribution in [0.25, 0.3) is 0 Å². The minimum atomic E-state index is -0.795. The van der Waals surface area contributed by atoms with Crippen LogP contribution >= 0.6 is 0 Å². The lowest BCUT2D eigenvalue weighted by Crippen LogP contribution is -2.52. The van der Waals surface area contributed by atoms with Crippen LogP contribution in [-0.2, 0) is 19.5 Å². The molecule has 1 saturated carbocycles. The predicted molar refractivity (Wildman–Crippen MR) is 147 cm³/mol. The maximum Gasteiger partial charge on any atom is 0.335 e. The van der Waals surface area contributed by atoms with Crippen LogP contribution in [0.1, 0.15) is 48.8 Å². The second-order valence-corrected chi connectivity index (χ2v) is 10.9. The minimum Gasteiger partial charge on any atom is -0.390 e. The van der Waals surface area contributed by atoms with E-state index in [9.17, 15) is 18.7 Å². The smallest absolute Gasteiger partial charge is 0.335 e. The monoisotopic (exact) mass is 533 g/mol. The standard InChI is InChI=1S/C32H37F2N3O2/c33-28-15-11-26(12-16-28)21-36-30(19-24-7-3-1-4-8-24)31(38)23-35(20-25-9-5-2-6-10-25)37(32(36)39)22-27-13-17-29(34)18-14-27/h1,3-4,7-8,11-18,25,30-31,38H,2,5-6,9-10,19-23H2/t30?,31-/m0/s1. The number of hydrazine groups is 1. The number of halogens is 2. The van der Waals surface area contributed by atoms with Gasteiger partial charge >= 0.3 is 6.03 Å². The van der Waals surface area contributed by atoms with Crippen molar-refractivity contribution < 1.29 is 18.7 Å². The van der Waals surface area contributed by atoms with E-state index < -0.39 is 12.1 Å². The fraction of sp³-hybridized carbons (Fsp3) is 0.406. The van der Waals surface area contributed by atoms with Crippen molar-refractivity contribution in [2.45, 2.75) is 63.8 Å². The van der Waals surface area contributed by atoms with E-state index in [0.717, 1.165) is 29.5 Å². The topological polar surface area (TPSA) is 47.0 Å². The lowest BCUT2D eigenvalue weighted by Gasteiger charge is -2.38. The van der Waals surface area contributed by atoms with Crippen molar-refractivity contribution in [1.82, 2.24) is 14.9 Å². The molecule has 0 spiro atoms. The van der Waals surface area contributed by atoms with Crippen molar-refractivity contribution >= 4 is 6.03 Å². The quantitative estimate of drug-likeness (QED) is 0.377. The molecule has 0 bridgehead atoms. The van der Waals surface area contributed by atoms with Gasteiger partial charge in [-0.1, -0.05) is 73.9 Å². The van der Waals surface area contributed by atoms with Gasteiger partial charge in [-0.05, 0) is 66.1 Å². The molecule has 2 atom stereocenters. The highest BCUT2D eigenvalue weighted by atomic mass is 19.1. The molecular weight excluding hydrogens is 496 g/mol. The summed E-state index contributed by atoms with van der Waals surface area (Å²) in [5.74, 6) is -0.208. The number of hydrogen-bond donors (Lipinski definition) is 1. The Morgan fingerprint density at radius 2 is 1.33 bits per heavy atom. The molecule has 2 fully saturated rings. The number of nitrogens with zero attached hydrogens (tertiary/aromatic N) is 3. The van der Waals surface area contributed by atoms with Crippen LogP contribution in [0.4, 0.5) is 13.6 Å². The third-order valence-electron chi connectivity index (χ3n) is 8.04. The number of aliphatic hydroxyl groups excluding tert-OH is 1. The van der Waals surface area contributed by atoms with Crippen molar-refractivity contribution in [2.75, 3.05) is 13.1 Å². The Balaban J connectivity index is 1.50. The van der Waals surface area contributed by atoms with Gasteiger partial charge in [-0.25, -0.2) is 18.6 Å². The number of rotatable bonds is 8. The van der Waals surface area contributed by atoms with Crippen molar-refractivity contribution in [3.63, 3.8) is 0 Å². The van der Waals surface area contributed by atoms with Crippen molar-refractivity contribution in [1.29, 1.82) is 0 Å². The molecule has 2 aliphatic rings. The molecule has 3 aromatic carbocycles. The van der Waals surface area contributed by atoms with Gasteiger partial charge in [-0.15, -0.1) is 0 Å². The summed E-state index contributed by atoms with van der Waals surface area (Å²) < 4.78 is 27.4. The molecule has 1 heterocycles. The summed E-state index contributed by atoms with van der Waals surface area (Å²) in [6.45, 7) is 1.52. The summed E-state index contributed by atoms with van der Waals surface area (Å²) in [6.07, 6.45) is 5.52. The molecule has 2 amide bonds. The highest BCUT2D eigenvalue weighted by molar-refractivity contribution is 5.75. The zero-order valence-electron chi connectivity index (χ0n) is 22.3. The summed E-state index contributed by atoms with van der Waals surface area (Å²) in [6, 6.07) is 21.6. The molecule has 1 unspecified atom stereocenters. The second-order valence-electron chi connectivity index (χ2n) is 10.9. The molecule has 7 heteroatoms. The number of aliphatic hydroxyl groups is 1. The first-order valence-electron chi connectivity index (χ1n) is 14.0. The SMILES string of the molecule is O=C1N(Cc2ccc(F)cc2)C(Cc2ccccc2)[C@@H](O)CN(CC2CCCCC2)N1Cc1ccc(F)cc1. The van der Waals surface area contributed by atoms with Crippen molar-refractivity contribution in [3.8, 4) is 0 Å².